The second-order valence-electron chi connectivity index (χ2n) is 4.87. The van der Waals surface area contributed by atoms with E-state index in [0.29, 0.717) is 10.4 Å². The number of nitrogens with zero attached hydrogens (tertiary/aromatic N) is 1. The molecular formula is C14H20N2O2S. The Labute approximate surface area is 118 Å². The van der Waals surface area contributed by atoms with Gasteiger partial charge in [-0.3, -0.25) is 0 Å². The Hall–Kier alpha value is -1.23. The van der Waals surface area contributed by atoms with Crippen molar-refractivity contribution in [2.24, 2.45) is 0 Å². The molecular weight excluding hydrogens is 260 g/mol. The molecule has 1 saturated carbocycles. The zero-order valence-corrected chi connectivity index (χ0v) is 12.3. The minimum Gasteiger partial charge on any atom is -0.464 e. The van der Waals surface area contributed by atoms with E-state index in [-0.39, 0.29) is 0 Å². The number of pyridine rings is 1. The molecule has 5 heteroatoms. The van der Waals surface area contributed by atoms with Crippen molar-refractivity contribution in [1.29, 1.82) is 0 Å². The Bertz CT molecular complexity index is 445. The van der Waals surface area contributed by atoms with Gasteiger partial charge in [0, 0.05) is 23.2 Å². The number of hydrogen-bond donors (Lipinski definition) is 1. The minimum absolute atomic E-state index is 0.342. The molecule has 1 aliphatic carbocycles. The molecule has 19 heavy (non-hydrogen) atoms. The number of rotatable bonds is 5. The number of methoxy groups -OCH3 is 1. The van der Waals surface area contributed by atoms with Crippen LogP contribution in [-0.2, 0) is 4.74 Å². The molecule has 0 atom stereocenters. The molecule has 0 aromatic carbocycles. The molecule has 1 fully saturated rings. The molecule has 1 heterocycles. The summed E-state index contributed by atoms with van der Waals surface area (Å²) in [7, 11) is 1.37. The molecule has 0 radical (unpaired) electrons. The third-order valence-electron chi connectivity index (χ3n) is 3.72. The number of esters is 1. The number of nitrogens with one attached hydrogen (secondary N) is 1. The van der Waals surface area contributed by atoms with E-state index >= 15 is 0 Å². The van der Waals surface area contributed by atoms with Gasteiger partial charge in [-0.25, -0.2) is 9.78 Å². The summed E-state index contributed by atoms with van der Waals surface area (Å²) in [6, 6.07) is 3.63. The van der Waals surface area contributed by atoms with Gasteiger partial charge in [-0.15, -0.1) is 0 Å². The molecule has 0 spiro atoms. The summed E-state index contributed by atoms with van der Waals surface area (Å²) in [6.07, 6.45) is 8.96. The Morgan fingerprint density at radius 2 is 2.26 bits per heavy atom. The van der Waals surface area contributed by atoms with Crippen LogP contribution in [0, 0.1) is 0 Å². The van der Waals surface area contributed by atoms with Gasteiger partial charge in [-0.2, -0.15) is 11.8 Å². The van der Waals surface area contributed by atoms with Crippen LogP contribution in [0.4, 0.5) is 5.69 Å². The van der Waals surface area contributed by atoms with Crippen LogP contribution in [0.5, 0.6) is 0 Å². The third kappa shape index (κ3) is 3.41. The number of carbonyl (C=O) groups excluding carboxylic acids is 1. The molecule has 0 unspecified atom stereocenters. The average Bonchev–Trinajstić information content (AvgIpc) is 2.94. The topological polar surface area (TPSA) is 51.2 Å². The fourth-order valence-electron chi connectivity index (χ4n) is 2.49. The highest BCUT2D eigenvalue weighted by atomic mass is 32.2. The molecule has 1 N–H and O–H groups in total. The predicted molar refractivity (Wildman–Crippen MR) is 78.8 cm³/mol. The lowest BCUT2D eigenvalue weighted by molar-refractivity contribution is 0.0594. The Morgan fingerprint density at radius 1 is 1.53 bits per heavy atom. The molecule has 1 aromatic heterocycles. The summed E-state index contributed by atoms with van der Waals surface area (Å²) >= 11 is 1.94. The van der Waals surface area contributed by atoms with Crippen molar-refractivity contribution in [3.8, 4) is 0 Å². The highest BCUT2D eigenvalue weighted by molar-refractivity contribution is 8.00. The first-order valence-corrected chi connectivity index (χ1v) is 7.75. The van der Waals surface area contributed by atoms with E-state index in [4.69, 9.17) is 0 Å². The number of ether oxygens (including phenoxy) is 1. The maximum Gasteiger partial charge on any atom is 0.356 e. The second-order valence-corrected chi connectivity index (χ2v) is 6.14. The summed E-state index contributed by atoms with van der Waals surface area (Å²) in [5, 5.41) is 3.43. The standard InChI is InChI=1S/C14H20N2O2S/c1-18-13(17)12-9-11(5-8-15-12)16-10-14(19-2)6-3-4-7-14/h5,8-9H,3-4,6-7,10H2,1-2H3,(H,15,16). The van der Waals surface area contributed by atoms with Gasteiger partial charge >= 0.3 is 5.97 Å². The zero-order chi connectivity index (χ0) is 13.7. The molecule has 0 bridgehead atoms. The summed E-state index contributed by atoms with van der Waals surface area (Å²) < 4.78 is 5.02. The SMILES string of the molecule is COC(=O)c1cc(NCC2(SC)CCCC2)ccn1. The van der Waals surface area contributed by atoms with Gasteiger partial charge in [0.25, 0.3) is 0 Å². The normalized spacial score (nSPS) is 17.2. The number of hydrogen-bond acceptors (Lipinski definition) is 5. The first kappa shape index (κ1) is 14.2. The van der Waals surface area contributed by atoms with Crippen molar-refractivity contribution in [3.05, 3.63) is 24.0 Å². The Kier molecular flexibility index (Phi) is 4.69. The highest BCUT2D eigenvalue weighted by Gasteiger charge is 2.32. The maximum atomic E-state index is 11.4. The van der Waals surface area contributed by atoms with Crippen molar-refractivity contribution < 1.29 is 9.53 Å². The smallest absolute Gasteiger partial charge is 0.356 e. The van der Waals surface area contributed by atoms with Crippen LogP contribution in [0.3, 0.4) is 0 Å². The van der Waals surface area contributed by atoms with E-state index in [9.17, 15) is 4.79 Å². The number of aromatic nitrogens is 1. The molecule has 1 aliphatic rings. The zero-order valence-electron chi connectivity index (χ0n) is 11.4. The fraction of sp³-hybridized carbons (Fsp3) is 0.571. The third-order valence-corrected chi connectivity index (χ3v) is 5.14. The van der Waals surface area contributed by atoms with Crippen molar-refractivity contribution in [2.75, 3.05) is 25.2 Å². The van der Waals surface area contributed by atoms with Crippen LogP contribution in [0.25, 0.3) is 0 Å². The van der Waals surface area contributed by atoms with Crippen LogP contribution in [-0.4, -0.2) is 35.6 Å². The van der Waals surface area contributed by atoms with E-state index in [2.05, 4.69) is 21.3 Å². The summed E-state index contributed by atoms with van der Waals surface area (Å²) in [6.45, 7) is 0.929. The summed E-state index contributed by atoms with van der Waals surface area (Å²) in [4.78, 5) is 15.4. The van der Waals surface area contributed by atoms with Gasteiger partial charge in [0.1, 0.15) is 5.69 Å². The predicted octanol–water partition coefficient (Wildman–Crippen LogP) is 2.96. The van der Waals surface area contributed by atoms with Crippen molar-refractivity contribution in [1.82, 2.24) is 4.98 Å². The summed E-state index contributed by atoms with van der Waals surface area (Å²) in [5.74, 6) is -0.399. The van der Waals surface area contributed by atoms with Crippen LogP contribution in [0.2, 0.25) is 0 Å². The summed E-state index contributed by atoms with van der Waals surface area (Å²) in [5.41, 5.74) is 1.27. The molecule has 1 aromatic rings. The molecule has 0 aliphatic heterocycles. The van der Waals surface area contributed by atoms with Gasteiger partial charge in [0.15, 0.2) is 0 Å². The van der Waals surface area contributed by atoms with Crippen molar-refractivity contribution in [2.45, 2.75) is 30.4 Å². The highest BCUT2D eigenvalue weighted by Crippen LogP contribution is 2.40. The van der Waals surface area contributed by atoms with E-state index in [1.165, 1.54) is 32.8 Å². The van der Waals surface area contributed by atoms with E-state index in [1.807, 2.05) is 17.8 Å². The Balaban J connectivity index is 2.01. The van der Waals surface area contributed by atoms with Gasteiger partial charge in [0.2, 0.25) is 0 Å². The number of carbonyl (C=O) groups is 1. The molecule has 2 rings (SSSR count). The van der Waals surface area contributed by atoms with E-state index in [1.54, 1.807) is 12.3 Å². The van der Waals surface area contributed by atoms with E-state index in [0.717, 1.165) is 12.2 Å². The first-order valence-electron chi connectivity index (χ1n) is 6.52. The van der Waals surface area contributed by atoms with Gasteiger partial charge in [0.05, 0.1) is 7.11 Å². The largest absolute Gasteiger partial charge is 0.464 e. The van der Waals surface area contributed by atoms with Crippen LogP contribution in [0.1, 0.15) is 36.2 Å². The lowest BCUT2D eigenvalue weighted by Crippen LogP contribution is -2.30. The number of thioether (sulfide) groups is 1. The monoisotopic (exact) mass is 280 g/mol. The number of anilines is 1. The van der Waals surface area contributed by atoms with Crippen LogP contribution >= 0.6 is 11.8 Å². The fourth-order valence-corrected chi connectivity index (χ4v) is 3.41. The molecule has 104 valence electrons. The lowest BCUT2D eigenvalue weighted by Gasteiger charge is -2.27. The van der Waals surface area contributed by atoms with Gasteiger partial charge in [-0.1, -0.05) is 12.8 Å². The molecule has 4 nitrogen and oxygen atoms in total. The van der Waals surface area contributed by atoms with Crippen LogP contribution < -0.4 is 5.32 Å². The Morgan fingerprint density at radius 3 is 2.89 bits per heavy atom. The van der Waals surface area contributed by atoms with Crippen molar-refractivity contribution >= 4 is 23.4 Å². The maximum absolute atomic E-state index is 11.4. The van der Waals surface area contributed by atoms with Gasteiger partial charge < -0.3 is 10.1 Å². The second kappa shape index (κ2) is 6.28. The average molecular weight is 280 g/mol. The van der Waals surface area contributed by atoms with Crippen LogP contribution in [0.15, 0.2) is 18.3 Å². The van der Waals surface area contributed by atoms with Crippen molar-refractivity contribution in [3.63, 3.8) is 0 Å². The molecule has 0 amide bonds. The molecule has 0 saturated heterocycles. The quantitative estimate of drug-likeness (QED) is 0.840. The first-order chi connectivity index (χ1) is 9.19. The lowest BCUT2D eigenvalue weighted by atomic mass is 10.1. The van der Waals surface area contributed by atoms with Gasteiger partial charge in [-0.05, 0) is 31.2 Å². The van der Waals surface area contributed by atoms with E-state index < -0.39 is 5.97 Å². The minimum atomic E-state index is -0.399.